The van der Waals surface area contributed by atoms with Crippen LogP contribution in [0.15, 0.2) is 24.3 Å². The Morgan fingerprint density at radius 1 is 1.41 bits per heavy atom. The van der Waals surface area contributed by atoms with Crippen LogP contribution in [0.2, 0.25) is 0 Å². The molecule has 2 atom stereocenters. The Bertz CT molecular complexity index is 394. The summed E-state index contributed by atoms with van der Waals surface area (Å²) in [5.41, 5.74) is 1.39. The first-order valence-electron chi connectivity index (χ1n) is 6.50. The molecule has 2 aliphatic rings. The van der Waals surface area contributed by atoms with E-state index in [1.54, 1.807) is 0 Å². The zero-order chi connectivity index (χ0) is 11.7. The lowest BCUT2D eigenvalue weighted by molar-refractivity contribution is 0.185. The van der Waals surface area contributed by atoms with E-state index in [1.165, 1.54) is 5.56 Å². The Labute approximate surface area is 103 Å². The van der Waals surface area contributed by atoms with Crippen molar-refractivity contribution in [3.05, 3.63) is 29.8 Å². The summed E-state index contributed by atoms with van der Waals surface area (Å²) in [7, 11) is 0. The van der Waals surface area contributed by atoms with Crippen LogP contribution in [0.25, 0.3) is 0 Å². The molecule has 0 aromatic heterocycles. The molecule has 17 heavy (non-hydrogen) atoms. The minimum Gasteiger partial charge on any atom is -0.493 e. The summed E-state index contributed by atoms with van der Waals surface area (Å²) >= 11 is 0. The van der Waals surface area contributed by atoms with Gasteiger partial charge in [-0.15, -0.1) is 0 Å². The Morgan fingerprint density at radius 2 is 2.29 bits per heavy atom. The first-order valence-corrected chi connectivity index (χ1v) is 6.50. The van der Waals surface area contributed by atoms with Crippen LogP contribution in [0.4, 0.5) is 0 Å². The van der Waals surface area contributed by atoms with Gasteiger partial charge in [-0.05, 0) is 13.0 Å². The fraction of sp³-hybridized carbons (Fsp3) is 0.571. The minimum absolute atomic E-state index is 0.552. The Kier molecular flexibility index (Phi) is 3.04. The molecule has 2 aliphatic heterocycles. The maximum absolute atomic E-state index is 5.74. The van der Waals surface area contributed by atoms with Crippen LogP contribution in [-0.4, -0.2) is 43.7 Å². The summed E-state index contributed by atoms with van der Waals surface area (Å²) in [6.45, 7) is 7.64. The number of hydrogen-bond donors (Lipinski definition) is 1. The molecular formula is C14H20N2O. The van der Waals surface area contributed by atoms with Crippen molar-refractivity contribution < 1.29 is 4.74 Å². The fourth-order valence-corrected chi connectivity index (χ4v) is 2.87. The number of hydrogen-bond acceptors (Lipinski definition) is 3. The smallest absolute Gasteiger partial charge is 0.122 e. The molecule has 1 saturated heterocycles. The predicted octanol–water partition coefficient (Wildman–Crippen LogP) is 1.46. The van der Waals surface area contributed by atoms with Gasteiger partial charge in [-0.1, -0.05) is 18.2 Å². The molecule has 92 valence electrons. The van der Waals surface area contributed by atoms with Gasteiger partial charge in [0, 0.05) is 43.7 Å². The molecule has 1 aromatic carbocycles. The van der Waals surface area contributed by atoms with E-state index < -0.39 is 0 Å². The molecule has 1 N–H and O–H groups in total. The number of para-hydroxylation sites is 1. The molecule has 0 spiro atoms. The van der Waals surface area contributed by atoms with E-state index in [0.29, 0.717) is 12.0 Å². The summed E-state index contributed by atoms with van der Waals surface area (Å²) in [5, 5.41) is 3.48. The van der Waals surface area contributed by atoms with E-state index >= 15 is 0 Å². The lowest BCUT2D eigenvalue weighted by Crippen LogP contribution is -2.50. The topological polar surface area (TPSA) is 24.5 Å². The summed E-state index contributed by atoms with van der Waals surface area (Å²) in [4.78, 5) is 2.55. The van der Waals surface area contributed by atoms with Crippen molar-refractivity contribution in [1.82, 2.24) is 10.2 Å². The maximum atomic E-state index is 5.74. The number of benzene rings is 1. The lowest BCUT2D eigenvalue weighted by Gasteiger charge is -2.33. The second-order valence-electron chi connectivity index (χ2n) is 5.16. The molecule has 0 radical (unpaired) electrons. The largest absolute Gasteiger partial charge is 0.493 e. The molecule has 3 heteroatoms. The van der Waals surface area contributed by atoms with Crippen LogP contribution in [0.3, 0.4) is 0 Å². The van der Waals surface area contributed by atoms with Gasteiger partial charge in [0.15, 0.2) is 0 Å². The summed E-state index contributed by atoms with van der Waals surface area (Å²) in [5.74, 6) is 1.64. The Hall–Kier alpha value is -1.06. The monoisotopic (exact) mass is 232 g/mol. The highest BCUT2D eigenvalue weighted by atomic mass is 16.5. The van der Waals surface area contributed by atoms with Gasteiger partial charge in [0.1, 0.15) is 5.75 Å². The van der Waals surface area contributed by atoms with Crippen LogP contribution < -0.4 is 10.1 Å². The molecule has 1 unspecified atom stereocenters. The van der Waals surface area contributed by atoms with Gasteiger partial charge in [0.05, 0.1) is 6.61 Å². The number of fused-ring (bicyclic) bond motifs is 1. The van der Waals surface area contributed by atoms with Crippen LogP contribution in [0.5, 0.6) is 5.75 Å². The highest BCUT2D eigenvalue weighted by Gasteiger charge is 2.27. The lowest BCUT2D eigenvalue weighted by atomic mass is 10.0. The number of piperazine rings is 1. The van der Waals surface area contributed by atoms with Crippen LogP contribution in [0.1, 0.15) is 18.4 Å². The van der Waals surface area contributed by atoms with Crippen molar-refractivity contribution in [3.8, 4) is 5.75 Å². The second-order valence-corrected chi connectivity index (χ2v) is 5.16. The van der Waals surface area contributed by atoms with Gasteiger partial charge in [-0.2, -0.15) is 0 Å². The third-order valence-corrected chi connectivity index (χ3v) is 3.73. The zero-order valence-electron chi connectivity index (χ0n) is 10.4. The van der Waals surface area contributed by atoms with E-state index in [1.807, 2.05) is 6.07 Å². The molecule has 0 bridgehead atoms. The van der Waals surface area contributed by atoms with Crippen molar-refractivity contribution in [3.63, 3.8) is 0 Å². The third kappa shape index (κ3) is 2.31. The molecule has 0 saturated carbocycles. The molecule has 0 aliphatic carbocycles. The molecular weight excluding hydrogens is 212 g/mol. The fourth-order valence-electron chi connectivity index (χ4n) is 2.87. The maximum Gasteiger partial charge on any atom is 0.122 e. The highest BCUT2D eigenvalue weighted by molar-refractivity contribution is 5.39. The number of ether oxygens (including phenoxy) is 1. The summed E-state index contributed by atoms with van der Waals surface area (Å²) in [6, 6.07) is 9.06. The number of nitrogens with one attached hydrogen (secondary N) is 1. The second kappa shape index (κ2) is 4.67. The third-order valence-electron chi connectivity index (χ3n) is 3.73. The average Bonchev–Trinajstić information content (AvgIpc) is 2.73. The highest BCUT2D eigenvalue weighted by Crippen LogP contribution is 2.33. The Morgan fingerprint density at radius 3 is 3.18 bits per heavy atom. The van der Waals surface area contributed by atoms with E-state index in [2.05, 4.69) is 35.3 Å². The van der Waals surface area contributed by atoms with Crippen LogP contribution in [-0.2, 0) is 0 Å². The quantitative estimate of drug-likeness (QED) is 0.835. The normalized spacial score (nSPS) is 28.8. The molecule has 0 amide bonds. The molecule has 1 aromatic rings. The van der Waals surface area contributed by atoms with Crippen LogP contribution in [0, 0.1) is 0 Å². The van der Waals surface area contributed by atoms with Gasteiger partial charge in [-0.3, -0.25) is 4.90 Å². The van der Waals surface area contributed by atoms with Crippen molar-refractivity contribution in [2.75, 3.05) is 32.8 Å². The van der Waals surface area contributed by atoms with Gasteiger partial charge in [0.25, 0.3) is 0 Å². The number of rotatable bonds is 2. The first-order chi connectivity index (χ1) is 8.33. The van der Waals surface area contributed by atoms with Crippen molar-refractivity contribution in [2.24, 2.45) is 0 Å². The van der Waals surface area contributed by atoms with Crippen molar-refractivity contribution in [1.29, 1.82) is 0 Å². The number of nitrogens with zero attached hydrogens (tertiary/aromatic N) is 1. The molecule has 3 rings (SSSR count). The molecule has 2 heterocycles. The Balaban J connectivity index is 1.67. The van der Waals surface area contributed by atoms with Gasteiger partial charge < -0.3 is 10.1 Å². The summed E-state index contributed by atoms with van der Waals surface area (Å²) < 4.78 is 5.74. The standard InChI is InChI=1S/C14H20N2O/c1-11-8-16(7-6-15-11)9-12-10-17-14-5-3-2-4-13(12)14/h2-5,11-12,15H,6-10H2,1H3/t11-,12?/m1/s1. The minimum atomic E-state index is 0.552. The van der Waals surface area contributed by atoms with E-state index in [-0.39, 0.29) is 0 Å². The first kappa shape index (κ1) is 11.1. The van der Waals surface area contributed by atoms with E-state index in [4.69, 9.17) is 4.74 Å². The van der Waals surface area contributed by atoms with Crippen molar-refractivity contribution >= 4 is 0 Å². The SMILES string of the molecule is C[C@@H]1CN(CC2COc3ccccc32)CCN1. The molecule has 1 fully saturated rings. The van der Waals surface area contributed by atoms with Gasteiger partial charge in [0.2, 0.25) is 0 Å². The van der Waals surface area contributed by atoms with Crippen molar-refractivity contribution in [2.45, 2.75) is 18.9 Å². The van der Waals surface area contributed by atoms with Gasteiger partial charge in [-0.25, -0.2) is 0 Å². The average molecular weight is 232 g/mol. The van der Waals surface area contributed by atoms with E-state index in [0.717, 1.165) is 38.5 Å². The summed E-state index contributed by atoms with van der Waals surface area (Å²) in [6.07, 6.45) is 0. The predicted molar refractivity (Wildman–Crippen MR) is 68.6 cm³/mol. The zero-order valence-corrected chi connectivity index (χ0v) is 10.4. The van der Waals surface area contributed by atoms with Crippen LogP contribution >= 0.6 is 0 Å². The van der Waals surface area contributed by atoms with Gasteiger partial charge >= 0.3 is 0 Å². The molecule has 3 nitrogen and oxygen atoms in total. The van der Waals surface area contributed by atoms with E-state index in [9.17, 15) is 0 Å².